The van der Waals surface area contributed by atoms with Gasteiger partial charge in [-0.15, -0.1) is 0 Å². The standard InChI is InChI=1S/C12H25NO2S/c1-3-5-10-16(14,15)12-9-7-6-8-11(12)13-4-2/h11-13H,3-10H2,1-2H3. The van der Waals surface area contributed by atoms with Gasteiger partial charge in [0.25, 0.3) is 0 Å². The zero-order chi connectivity index (χ0) is 12.0. The molecule has 1 rings (SSSR count). The first-order valence-corrected chi connectivity index (χ1v) is 8.28. The molecule has 1 aliphatic rings. The molecule has 1 saturated carbocycles. The Hall–Kier alpha value is -0.0900. The first-order chi connectivity index (χ1) is 7.61. The minimum absolute atomic E-state index is 0.132. The molecule has 0 aromatic rings. The van der Waals surface area contributed by atoms with Crippen molar-refractivity contribution in [2.24, 2.45) is 0 Å². The van der Waals surface area contributed by atoms with Crippen molar-refractivity contribution in [3.63, 3.8) is 0 Å². The summed E-state index contributed by atoms with van der Waals surface area (Å²) in [5, 5.41) is 3.21. The Morgan fingerprint density at radius 1 is 1.19 bits per heavy atom. The van der Waals surface area contributed by atoms with E-state index in [-0.39, 0.29) is 11.3 Å². The highest BCUT2D eigenvalue weighted by atomic mass is 32.2. The zero-order valence-corrected chi connectivity index (χ0v) is 11.4. The minimum Gasteiger partial charge on any atom is -0.313 e. The Balaban J connectivity index is 2.66. The Bertz CT molecular complexity index is 285. The normalized spacial score (nSPS) is 26.9. The van der Waals surface area contributed by atoms with Gasteiger partial charge in [0.1, 0.15) is 0 Å². The fraction of sp³-hybridized carbons (Fsp3) is 1.00. The number of hydrogen-bond donors (Lipinski definition) is 1. The lowest BCUT2D eigenvalue weighted by atomic mass is 9.95. The Kier molecular flexibility index (Phi) is 5.76. The number of sulfone groups is 1. The van der Waals surface area contributed by atoms with E-state index < -0.39 is 9.84 Å². The first kappa shape index (κ1) is 14.0. The molecule has 0 saturated heterocycles. The van der Waals surface area contributed by atoms with Crippen LogP contribution in [0.25, 0.3) is 0 Å². The summed E-state index contributed by atoms with van der Waals surface area (Å²) >= 11 is 0. The van der Waals surface area contributed by atoms with Gasteiger partial charge in [-0.05, 0) is 25.8 Å². The molecule has 96 valence electrons. The van der Waals surface area contributed by atoms with Crippen LogP contribution in [0.3, 0.4) is 0 Å². The van der Waals surface area contributed by atoms with Crippen molar-refractivity contribution in [2.75, 3.05) is 12.3 Å². The van der Waals surface area contributed by atoms with Gasteiger partial charge in [0.05, 0.1) is 11.0 Å². The predicted octanol–water partition coefficient (Wildman–Crippen LogP) is 2.12. The van der Waals surface area contributed by atoms with Gasteiger partial charge >= 0.3 is 0 Å². The molecule has 0 aromatic heterocycles. The molecule has 1 fully saturated rings. The monoisotopic (exact) mass is 247 g/mol. The van der Waals surface area contributed by atoms with Crippen molar-refractivity contribution >= 4 is 9.84 Å². The molecule has 0 bridgehead atoms. The molecule has 0 aliphatic heterocycles. The summed E-state index contributed by atoms with van der Waals surface area (Å²) in [6.45, 7) is 4.95. The van der Waals surface area contributed by atoms with Gasteiger partial charge in [0.2, 0.25) is 0 Å². The molecular weight excluding hydrogens is 222 g/mol. The number of nitrogens with one attached hydrogen (secondary N) is 1. The molecule has 0 aromatic carbocycles. The lowest BCUT2D eigenvalue weighted by Gasteiger charge is -2.31. The largest absolute Gasteiger partial charge is 0.313 e. The van der Waals surface area contributed by atoms with E-state index in [1.807, 2.05) is 13.8 Å². The third-order valence-corrected chi connectivity index (χ3v) is 5.76. The lowest BCUT2D eigenvalue weighted by molar-refractivity contribution is 0.376. The number of rotatable bonds is 6. The molecule has 0 heterocycles. The molecular formula is C12H25NO2S. The molecule has 3 nitrogen and oxygen atoms in total. The van der Waals surface area contributed by atoms with Crippen LogP contribution in [0.1, 0.15) is 52.4 Å². The van der Waals surface area contributed by atoms with E-state index in [0.717, 1.165) is 45.1 Å². The highest BCUT2D eigenvalue weighted by molar-refractivity contribution is 7.92. The third kappa shape index (κ3) is 3.74. The van der Waals surface area contributed by atoms with Gasteiger partial charge in [-0.25, -0.2) is 8.42 Å². The second-order valence-corrected chi connectivity index (χ2v) is 7.05. The summed E-state index contributed by atoms with van der Waals surface area (Å²) < 4.78 is 24.4. The lowest BCUT2D eigenvalue weighted by Crippen LogP contribution is -2.46. The van der Waals surface area contributed by atoms with Crippen LogP contribution < -0.4 is 5.32 Å². The third-order valence-electron chi connectivity index (χ3n) is 3.41. The van der Waals surface area contributed by atoms with E-state index in [1.165, 1.54) is 0 Å². The molecule has 4 heteroatoms. The van der Waals surface area contributed by atoms with Crippen LogP contribution in [0.2, 0.25) is 0 Å². The summed E-state index contributed by atoms with van der Waals surface area (Å²) in [5.41, 5.74) is 0. The van der Waals surface area contributed by atoms with Crippen molar-refractivity contribution in [2.45, 2.75) is 63.7 Å². The van der Waals surface area contributed by atoms with Crippen molar-refractivity contribution in [3.8, 4) is 0 Å². The molecule has 1 N–H and O–H groups in total. The second-order valence-electron chi connectivity index (χ2n) is 4.71. The highest BCUT2D eigenvalue weighted by Gasteiger charge is 2.34. The van der Waals surface area contributed by atoms with Crippen LogP contribution in [0, 0.1) is 0 Å². The van der Waals surface area contributed by atoms with Crippen LogP contribution in [0.15, 0.2) is 0 Å². The van der Waals surface area contributed by atoms with Crippen LogP contribution in [0.4, 0.5) is 0 Å². The average Bonchev–Trinajstić information content (AvgIpc) is 2.27. The van der Waals surface area contributed by atoms with Crippen molar-refractivity contribution < 1.29 is 8.42 Å². The predicted molar refractivity (Wildman–Crippen MR) is 68.4 cm³/mol. The van der Waals surface area contributed by atoms with Crippen molar-refractivity contribution in [3.05, 3.63) is 0 Å². The summed E-state index contributed by atoms with van der Waals surface area (Å²) in [4.78, 5) is 0. The summed E-state index contributed by atoms with van der Waals surface area (Å²) in [6.07, 6.45) is 5.86. The fourth-order valence-corrected chi connectivity index (χ4v) is 4.77. The van der Waals surface area contributed by atoms with Crippen LogP contribution in [-0.4, -0.2) is 32.0 Å². The van der Waals surface area contributed by atoms with E-state index in [2.05, 4.69) is 5.32 Å². The van der Waals surface area contributed by atoms with Crippen molar-refractivity contribution in [1.82, 2.24) is 5.32 Å². The van der Waals surface area contributed by atoms with Crippen LogP contribution in [0.5, 0.6) is 0 Å². The van der Waals surface area contributed by atoms with Gasteiger partial charge in [0.15, 0.2) is 9.84 Å². The molecule has 16 heavy (non-hydrogen) atoms. The maximum Gasteiger partial charge on any atom is 0.154 e. The smallest absolute Gasteiger partial charge is 0.154 e. The van der Waals surface area contributed by atoms with Gasteiger partial charge in [-0.2, -0.15) is 0 Å². The molecule has 2 unspecified atom stereocenters. The van der Waals surface area contributed by atoms with Crippen molar-refractivity contribution in [1.29, 1.82) is 0 Å². The fourth-order valence-electron chi connectivity index (χ4n) is 2.52. The summed E-state index contributed by atoms with van der Waals surface area (Å²) in [7, 11) is -2.88. The van der Waals surface area contributed by atoms with Crippen LogP contribution >= 0.6 is 0 Å². The maximum absolute atomic E-state index is 12.2. The highest BCUT2D eigenvalue weighted by Crippen LogP contribution is 2.25. The minimum atomic E-state index is -2.88. The van der Waals surface area contributed by atoms with E-state index in [0.29, 0.717) is 5.75 Å². The topological polar surface area (TPSA) is 46.2 Å². The molecule has 0 amide bonds. The molecule has 0 radical (unpaired) electrons. The molecule has 0 spiro atoms. The Morgan fingerprint density at radius 3 is 2.50 bits per heavy atom. The van der Waals surface area contributed by atoms with E-state index in [4.69, 9.17) is 0 Å². The maximum atomic E-state index is 12.2. The SMILES string of the molecule is CCCCS(=O)(=O)C1CCCCC1NCC. The number of hydrogen-bond acceptors (Lipinski definition) is 3. The Morgan fingerprint density at radius 2 is 1.88 bits per heavy atom. The molecule has 2 atom stereocenters. The van der Waals surface area contributed by atoms with E-state index in [9.17, 15) is 8.42 Å². The van der Waals surface area contributed by atoms with Crippen LogP contribution in [-0.2, 0) is 9.84 Å². The van der Waals surface area contributed by atoms with Gasteiger partial charge in [-0.1, -0.05) is 33.1 Å². The summed E-state index contributed by atoms with van der Waals surface area (Å²) in [6, 6.07) is 0.195. The van der Waals surface area contributed by atoms with Gasteiger partial charge in [0, 0.05) is 6.04 Å². The van der Waals surface area contributed by atoms with E-state index >= 15 is 0 Å². The Labute approximate surface area is 99.9 Å². The quantitative estimate of drug-likeness (QED) is 0.782. The number of unbranched alkanes of at least 4 members (excludes halogenated alkanes) is 1. The first-order valence-electron chi connectivity index (χ1n) is 6.56. The second kappa shape index (κ2) is 6.60. The van der Waals surface area contributed by atoms with Gasteiger partial charge in [-0.3, -0.25) is 0 Å². The van der Waals surface area contributed by atoms with Gasteiger partial charge < -0.3 is 5.32 Å². The molecule has 1 aliphatic carbocycles. The average molecular weight is 247 g/mol. The summed E-state index contributed by atoms with van der Waals surface area (Å²) in [5.74, 6) is 0.371. The zero-order valence-electron chi connectivity index (χ0n) is 10.5. The van der Waals surface area contributed by atoms with E-state index in [1.54, 1.807) is 0 Å².